The van der Waals surface area contributed by atoms with Crippen LogP contribution in [0.15, 0.2) is 23.1 Å². The molecule has 0 saturated carbocycles. The average molecular weight is 438 g/mol. The number of nitrogens with zero attached hydrogens (tertiary/aromatic N) is 1. The molecule has 2 rings (SSSR count). The molecule has 8 heteroatoms. The van der Waals surface area contributed by atoms with Crippen molar-refractivity contribution in [2.45, 2.75) is 39.0 Å². The van der Waals surface area contributed by atoms with Crippen molar-refractivity contribution in [2.24, 2.45) is 0 Å². The molecular formula is C21H27NO5S2. The second kappa shape index (κ2) is 11.8. The number of esters is 1. The molecule has 0 atom stereocenters. The average Bonchev–Trinajstić information content (AvgIpc) is 2.99. The first-order chi connectivity index (χ1) is 14.0. The lowest BCUT2D eigenvalue weighted by molar-refractivity contribution is -0.140. The highest BCUT2D eigenvalue weighted by Crippen LogP contribution is 2.35. The molecule has 6 nitrogen and oxygen atoms in total. The van der Waals surface area contributed by atoms with Gasteiger partial charge in [-0.05, 0) is 30.2 Å². The SMILES string of the molecule is CCCCCCOc1ccc(/C=C2\SC(=S)N(CCC(=O)OC)C2=O)cc1OC. The molecule has 1 heterocycles. The number of amides is 1. The van der Waals surface area contributed by atoms with Crippen molar-refractivity contribution in [1.82, 2.24) is 4.90 Å². The fourth-order valence-electron chi connectivity index (χ4n) is 2.75. The van der Waals surface area contributed by atoms with Crippen molar-refractivity contribution in [2.75, 3.05) is 27.4 Å². The highest BCUT2D eigenvalue weighted by Gasteiger charge is 2.32. The third-order valence-corrected chi connectivity index (χ3v) is 5.76. The smallest absolute Gasteiger partial charge is 0.307 e. The van der Waals surface area contributed by atoms with E-state index >= 15 is 0 Å². The van der Waals surface area contributed by atoms with E-state index in [1.54, 1.807) is 13.2 Å². The second-order valence-electron chi connectivity index (χ2n) is 6.48. The maximum absolute atomic E-state index is 12.6. The van der Waals surface area contributed by atoms with Crippen molar-refractivity contribution in [3.63, 3.8) is 0 Å². The largest absolute Gasteiger partial charge is 0.493 e. The molecule has 1 aliphatic heterocycles. The highest BCUT2D eigenvalue weighted by atomic mass is 32.2. The molecule has 0 spiro atoms. The Morgan fingerprint density at radius 3 is 2.69 bits per heavy atom. The zero-order chi connectivity index (χ0) is 21.2. The number of unbranched alkanes of at least 4 members (excludes halogenated alkanes) is 3. The molecule has 0 radical (unpaired) electrons. The normalized spacial score (nSPS) is 15.1. The van der Waals surface area contributed by atoms with E-state index in [-0.39, 0.29) is 24.8 Å². The molecule has 0 aliphatic carbocycles. The highest BCUT2D eigenvalue weighted by molar-refractivity contribution is 8.26. The van der Waals surface area contributed by atoms with E-state index in [0.29, 0.717) is 27.3 Å². The number of thioether (sulfide) groups is 1. The molecule has 1 aromatic rings. The van der Waals surface area contributed by atoms with Crippen LogP contribution in [0.4, 0.5) is 0 Å². The van der Waals surface area contributed by atoms with E-state index in [1.165, 1.54) is 36.6 Å². The fraction of sp³-hybridized carbons (Fsp3) is 0.476. The third kappa shape index (κ3) is 6.75. The van der Waals surface area contributed by atoms with Gasteiger partial charge in [0.2, 0.25) is 0 Å². The molecule has 29 heavy (non-hydrogen) atoms. The van der Waals surface area contributed by atoms with Gasteiger partial charge in [-0.3, -0.25) is 14.5 Å². The first-order valence-corrected chi connectivity index (χ1v) is 10.9. The van der Waals surface area contributed by atoms with Crippen molar-refractivity contribution >= 4 is 46.3 Å². The monoisotopic (exact) mass is 437 g/mol. The summed E-state index contributed by atoms with van der Waals surface area (Å²) in [6.07, 6.45) is 6.42. The molecule has 0 N–H and O–H groups in total. The zero-order valence-electron chi connectivity index (χ0n) is 17.1. The summed E-state index contributed by atoms with van der Waals surface area (Å²) < 4.78 is 16.3. The van der Waals surface area contributed by atoms with Gasteiger partial charge in [0.15, 0.2) is 11.5 Å². The molecule has 0 unspecified atom stereocenters. The topological polar surface area (TPSA) is 65.1 Å². The predicted molar refractivity (Wildman–Crippen MR) is 119 cm³/mol. The fourth-order valence-corrected chi connectivity index (χ4v) is 4.06. The Morgan fingerprint density at radius 1 is 1.21 bits per heavy atom. The number of hydrogen-bond acceptors (Lipinski definition) is 7. The van der Waals surface area contributed by atoms with Crippen LogP contribution in [0.5, 0.6) is 11.5 Å². The molecule has 1 amide bonds. The van der Waals surface area contributed by atoms with Gasteiger partial charge in [-0.2, -0.15) is 0 Å². The van der Waals surface area contributed by atoms with Gasteiger partial charge in [-0.15, -0.1) is 0 Å². The lowest BCUT2D eigenvalue weighted by Gasteiger charge is -2.13. The lowest BCUT2D eigenvalue weighted by Crippen LogP contribution is -2.30. The lowest BCUT2D eigenvalue weighted by atomic mass is 10.1. The van der Waals surface area contributed by atoms with Crippen LogP contribution >= 0.6 is 24.0 Å². The van der Waals surface area contributed by atoms with Crippen LogP contribution in [-0.2, 0) is 14.3 Å². The minimum absolute atomic E-state index is 0.105. The van der Waals surface area contributed by atoms with Gasteiger partial charge in [-0.1, -0.05) is 56.2 Å². The van der Waals surface area contributed by atoms with Crippen LogP contribution < -0.4 is 9.47 Å². The summed E-state index contributed by atoms with van der Waals surface area (Å²) in [6.45, 7) is 3.03. The Kier molecular flexibility index (Phi) is 9.47. The Labute approximate surface area is 181 Å². The summed E-state index contributed by atoms with van der Waals surface area (Å²) in [5.74, 6) is 0.722. The maximum atomic E-state index is 12.6. The van der Waals surface area contributed by atoms with Crippen LogP contribution in [-0.4, -0.2) is 48.5 Å². The molecule has 1 saturated heterocycles. The number of benzene rings is 1. The summed E-state index contributed by atoms with van der Waals surface area (Å²) in [4.78, 5) is 25.9. The van der Waals surface area contributed by atoms with Crippen LogP contribution in [0.2, 0.25) is 0 Å². The summed E-state index contributed by atoms with van der Waals surface area (Å²) in [7, 11) is 2.91. The molecule has 1 aliphatic rings. The Morgan fingerprint density at radius 2 is 2.00 bits per heavy atom. The van der Waals surface area contributed by atoms with Gasteiger partial charge in [-0.25, -0.2) is 0 Å². The Bertz CT molecular complexity index is 778. The second-order valence-corrected chi connectivity index (χ2v) is 8.15. The number of methoxy groups -OCH3 is 2. The van der Waals surface area contributed by atoms with Crippen molar-refractivity contribution in [3.05, 3.63) is 28.7 Å². The summed E-state index contributed by atoms with van der Waals surface area (Å²) in [5, 5.41) is 0. The molecule has 158 valence electrons. The molecule has 0 bridgehead atoms. The maximum Gasteiger partial charge on any atom is 0.307 e. The van der Waals surface area contributed by atoms with Crippen LogP contribution in [0, 0.1) is 0 Å². The first-order valence-electron chi connectivity index (χ1n) is 9.63. The van der Waals surface area contributed by atoms with Gasteiger partial charge in [0.05, 0.1) is 32.2 Å². The third-order valence-electron chi connectivity index (χ3n) is 4.38. The number of carbonyl (C=O) groups excluding carboxylic acids is 2. The predicted octanol–water partition coefficient (Wildman–Crippen LogP) is 4.42. The minimum Gasteiger partial charge on any atom is -0.493 e. The van der Waals surface area contributed by atoms with Crippen molar-refractivity contribution < 1.29 is 23.8 Å². The van der Waals surface area contributed by atoms with Gasteiger partial charge < -0.3 is 14.2 Å². The number of rotatable bonds is 11. The number of ether oxygens (including phenoxy) is 3. The van der Waals surface area contributed by atoms with Gasteiger partial charge in [0.1, 0.15) is 4.32 Å². The first kappa shape index (κ1) is 23.2. The zero-order valence-corrected chi connectivity index (χ0v) is 18.7. The standard InChI is InChI=1S/C21H27NO5S2/c1-4-5-6-7-12-27-16-9-8-15(13-17(16)25-2)14-18-20(24)22(21(28)29-18)11-10-19(23)26-3/h8-9,13-14H,4-7,10-12H2,1-3H3/b18-14-. The summed E-state index contributed by atoms with van der Waals surface area (Å²) in [5.41, 5.74) is 0.814. The van der Waals surface area contributed by atoms with E-state index < -0.39 is 0 Å². The van der Waals surface area contributed by atoms with Crippen molar-refractivity contribution in [1.29, 1.82) is 0 Å². The minimum atomic E-state index is -0.377. The quantitative estimate of drug-likeness (QED) is 0.220. The molecule has 1 aromatic carbocycles. The van der Waals surface area contributed by atoms with Crippen LogP contribution in [0.1, 0.15) is 44.6 Å². The summed E-state index contributed by atoms with van der Waals surface area (Å²) >= 11 is 6.50. The van der Waals surface area contributed by atoms with Crippen LogP contribution in [0.3, 0.4) is 0 Å². The van der Waals surface area contributed by atoms with E-state index in [1.807, 2.05) is 18.2 Å². The summed E-state index contributed by atoms with van der Waals surface area (Å²) in [6, 6.07) is 5.57. The van der Waals surface area contributed by atoms with Gasteiger partial charge >= 0.3 is 5.97 Å². The molecule has 0 aromatic heterocycles. The van der Waals surface area contributed by atoms with E-state index in [9.17, 15) is 9.59 Å². The Hall–Kier alpha value is -2.06. The van der Waals surface area contributed by atoms with Crippen LogP contribution in [0.25, 0.3) is 6.08 Å². The van der Waals surface area contributed by atoms with Gasteiger partial charge in [0.25, 0.3) is 5.91 Å². The number of carbonyl (C=O) groups is 2. The molecule has 1 fully saturated rings. The Balaban J connectivity index is 2.04. The molecular weight excluding hydrogens is 410 g/mol. The van der Waals surface area contributed by atoms with Crippen molar-refractivity contribution in [3.8, 4) is 11.5 Å². The number of hydrogen-bond donors (Lipinski definition) is 0. The van der Waals surface area contributed by atoms with Gasteiger partial charge in [0, 0.05) is 6.54 Å². The van der Waals surface area contributed by atoms with E-state index in [2.05, 4.69) is 11.7 Å². The van der Waals surface area contributed by atoms with E-state index in [4.69, 9.17) is 21.7 Å². The van der Waals surface area contributed by atoms with E-state index in [0.717, 1.165) is 18.4 Å². The number of thiocarbonyl (C=S) groups is 1.